The number of carbonyl (C=O) groups is 1. The van der Waals surface area contributed by atoms with Crippen LogP contribution in [-0.2, 0) is 14.8 Å². The molecule has 0 aliphatic rings. The number of carboxylic acids is 1. The van der Waals surface area contributed by atoms with Crippen molar-refractivity contribution in [3.8, 4) is 0 Å². The molecule has 2 rings (SSSR count). The van der Waals surface area contributed by atoms with Crippen LogP contribution in [0.25, 0.3) is 0 Å². The number of aliphatic carboxylic acids is 1. The Morgan fingerprint density at radius 2 is 1.65 bits per heavy atom. The predicted molar refractivity (Wildman–Crippen MR) is 92.3 cm³/mol. The molecule has 8 heteroatoms. The fraction of sp³-hybridized carbons (Fsp3) is 0.133. The summed E-state index contributed by atoms with van der Waals surface area (Å²) in [6.45, 7) is -0.213. The first-order valence-electron chi connectivity index (χ1n) is 6.56. The molecule has 0 unspecified atom stereocenters. The molecule has 0 fully saturated rings. The van der Waals surface area contributed by atoms with Crippen LogP contribution in [0.5, 0.6) is 0 Å². The molecule has 0 aromatic heterocycles. The Labute approximate surface area is 146 Å². The Morgan fingerprint density at radius 1 is 1.09 bits per heavy atom. The van der Waals surface area contributed by atoms with Gasteiger partial charge in [0.2, 0.25) is 0 Å². The van der Waals surface area contributed by atoms with E-state index in [9.17, 15) is 17.6 Å². The fourth-order valence-corrected chi connectivity index (χ4v) is 3.75. The highest BCUT2D eigenvalue weighted by atomic mass is 127. The van der Waals surface area contributed by atoms with Crippen molar-refractivity contribution in [3.05, 3.63) is 57.9 Å². The zero-order chi connectivity index (χ0) is 17.0. The van der Waals surface area contributed by atoms with E-state index >= 15 is 0 Å². The first kappa shape index (κ1) is 17.7. The third kappa shape index (κ3) is 4.41. The summed E-state index contributed by atoms with van der Waals surface area (Å²) in [6.07, 6.45) is -0.341. The van der Waals surface area contributed by atoms with Crippen molar-refractivity contribution < 1.29 is 22.7 Å². The summed E-state index contributed by atoms with van der Waals surface area (Å²) in [5, 5.41) is 8.85. The van der Waals surface area contributed by atoms with Gasteiger partial charge < -0.3 is 5.11 Å². The van der Waals surface area contributed by atoms with E-state index in [1.807, 2.05) is 0 Å². The molecular formula is C15H13FINO4S. The minimum atomic E-state index is -3.98. The first-order valence-corrected chi connectivity index (χ1v) is 9.08. The number of carboxylic acid groups (broad SMARTS) is 1. The average molecular weight is 449 g/mol. The van der Waals surface area contributed by atoms with Crippen molar-refractivity contribution >= 4 is 44.3 Å². The van der Waals surface area contributed by atoms with Gasteiger partial charge in [-0.1, -0.05) is 0 Å². The van der Waals surface area contributed by atoms with Crippen molar-refractivity contribution in [3.63, 3.8) is 0 Å². The van der Waals surface area contributed by atoms with Crippen LogP contribution in [0.4, 0.5) is 10.1 Å². The highest BCUT2D eigenvalue weighted by Crippen LogP contribution is 2.25. The van der Waals surface area contributed by atoms with Gasteiger partial charge in [-0.25, -0.2) is 12.8 Å². The second-order valence-electron chi connectivity index (χ2n) is 4.65. The Hall–Kier alpha value is -1.68. The van der Waals surface area contributed by atoms with E-state index in [1.165, 1.54) is 0 Å². The monoisotopic (exact) mass is 449 g/mol. The number of halogens is 2. The fourth-order valence-electron chi connectivity index (χ4n) is 1.93. The SMILES string of the molecule is O=C(O)CCN(c1ccc(I)cc1)S(=O)(=O)c1ccc(F)cc1. The van der Waals surface area contributed by atoms with E-state index in [1.54, 1.807) is 24.3 Å². The molecule has 0 spiro atoms. The van der Waals surface area contributed by atoms with E-state index in [2.05, 4.69) is 22.6 Å². The van der Waals surface area contributed by atoms with Gasteiger partial charge in [-0.15, -0.1) is 0 Å². The van der Waals surface area contributed by atoms with Gasteiger partial charge >= 0.3 is 5.97 Å². The number of nitrogens with zero attached hydrogens (tertiary/aromatic N) is 1. The van der Waals surface area contributed by atoms with Crippen molar-refractivity contribution in [2.75, 3.05) is 10.8 Å². The van der Waals surface area contributed by atoms with Crippen molar-refractivity contribution in [1.82, 2.24) is 0 Å². The largest absolute Gasteiger partial charge is 0.481 e. The van der Waals surface area contributed by atoms with Crippen LogP contribution in [-0.4, -0.2) is 26.0 Å². The molecule has 0 atom stereocenters. The lowest BCUT2D eigenvalue weighted by Gasteiger charge is -2.24. The lowest BCUT2D eigenvalue weighted by atomic mass is 10.3. The maximum atomic E-state index is 13.0. The maximum Gasteiger partial charge on any atom is 0.305 e. The molecule has 0 bridgehead atoms. The summed E-state index contributed by atoms with van der Waals surface area (Å²) in [5.41, 5.74) is 0.357. The summed E-state index contributed by atoms with van der Waals surface area (Å²) in [5.74, 6) is -1.65. The zero-order valence-corrected chi connectivity index (χ0v) is 14.8. The third-order valence-electron chi connectivity index (χ3n) is 3.05. The average Bonchev–Trinajstić information content (AvgIpc) is 2.49. The molecule has 5 nitrogen and oxygen atoms in total. The normalized spacial score (nSPS) is 11.2. The lowest BCUT2D eigenvalue weighted by Crippen LogP contribution is -2.33. The number of anilines is 1. The highest BCUT2D eigenvalue weighted by Gasteiger charge is 2.25. The van der Waals surface area contributed by atoms with Crippen LogP contribution in [0, 0.1) is 9.39 Å². The van der Waals surface area contributed by atoms with Crippen LogP contribution in [0.2, 0.25) is 0 Å². The molecule has 23 heavy (non-hydrogen) atoms. The van der Waals surface area contributed by atoms with Crippen LogP contribution in [0.3, 0.4) is 0 Å². The Bertz CT molecular complexity index is 791. The maximum absolute atomic E-state index is 13.0. The van der Waals surface area contributed by atoms with Gasteiger partial charge in [0.1, 0.15) is 5.82 Å². The predicted octanol–water partition coefficient (Wildman–Crippen LogP) is 3.10. The van der Waals surface area contributed by atoms with Gasteiger partial charge in [0, 0.05) is 10.1 Å². The third-order valence-corrected chi connectivity index (χ3v) is 5.61. The lowest BCUT2D eigenvalue weighted by molar-refractivity contribution is -0.136. The summed E-state index contributed by atoms with van der Waals surface area (Å²) >= 11 is 2.08. The van der Waals surface area contributed by atoms with Crippen LogP contribution >= 0.6 is 22.6 Å². The van der Waals surface area contributed by atoms with Crippen LogP contribution in [0.1, 0.15) is 6.42 Å². The number of hydrogen-bond acceptors (Lipinski definition) is 3. The van der Waals surface area contributed by atoms with E-state index in [4.69, 9.17) is 5.11 Å². The van der Waals surface area contributed by atoms with Gasteiger partial charge in [-0.2, -0.15) is 0 Å². The molecule has 0 radical (unpaired) electrons. The molecule has 0 aliphatic carbocycles. The molecule has 2 aromatic carbocycles. The number of benzene rings is 2. The van der Waals surface area contributed by atoms with Crippen LogP contribution < -0.4 is 4.31 Å². The minimum absolute atomic E-state index is 0.0946. The number of rotatable bonds is 6. The quantitative estimate of drug-likeness (QED) is 0.689. The first-order chi connectivity index (χ1) is 10.8. The van der Waals surface area contributed by atoms with Crippen molar-refractivity contribution in [2.24, 2.45) is 0 Å². The molecule has 0 saturated heterocycles. The Morgan fingerprint density at radius 3 is 2.17 bits per heavy atom. The van der Waals surface area contributed by atoms with E-state index in [-0.39, 0.29) is 17.9 Å². The molecule has 0 aliphatic heterocycles. The van der Waals surface area contributed by atoms with E-state index in [0.717, 1.165) is 32.1 Å². The zero-order valence-electron chi connectivity index (χ0n) is 11.8. The van der Waals surface area contributed by atoms with Gasteiger partial charge in [0.15, 0.2) is 0 Å². The van der Waals surface area contributed by atoms with Gasteiger partial charge in [-0.3, -0.25) is 9.10 Å². The summed E-state index contributed by atoms with van der Waals surface area (Å²) < 4.78 is 40.4. The molecule has 1 N–H and O–H groups in total. The smallest absolute Gasteiger partial charge is 0.305 e. The van der Waals surface area contributed by atoms with Gasteiger partial charge in [0.05, 0.1) is 17.0 Å². The van der Waals surface area contributed by atoms with Crippen molar-refractivity contribution in [1.29, 1.82) is 0 Å². The molecule has 122 valence electrons. The molecule has 2 aromatic rings. The molecule has 0 heterocycles. The van der Waals surface area contributed by atoms with Crippen LogP contribution in [0.15, 0.2) is 53.4 Å². The van der Waals surface area contributed by atoms with Gasteiger partial charge in [-0.05, 0) is 71.1 Å². The standard InChI is InChI=1S/C15H13FINO4S/c16-11-1-7-14(8-2-11)23(21,22)18(10-9-15(19)20)13-5-3-12(17)4-6-13/h1-8H,9-10H2,(H,19,20). The summed E-state index contributed by atoms with van der Waals surface area (Å²) in [4.78, 5) is 10.7. The van der Waals surface area contributed by atoms with Gasteiger partial charge in [0.25, 0.3) is 10.0 Å². The van der Waals surface area contributed by atoms with E-state index in [0.29, 0.717) is 5.69 Å². The number of sulfonamides is 1. The molecular weight excluding hydrogens is 436 g/mol. The topological polar surface area (TPSA) is 74.7 Å². The molecule has 0 amide bonds. The summed E-state index contributed by atoms with van der Waals surface area (Å²) in [7, 11) is -3.98. The second kappa shape index (κ2) is 7.26. The Kier molecular flexibility index (Phi) is 5.58. The minimum Gasteiger partial charge on any atom is -0.481 e. The second-order valence-corrected chi connectivity index (χ2v) is 7.76. The van der Waals surface area contributed by atoms with E-state index < -0.39 is 21.8 Å². The Balaban J connectivity index is 2.44. The number of hydrogen-bond donors (Lipinski definition) is 1. The highest BCUT2D eigenvalue weighted by molar-refractivity contribution is 14.1. The molecule has 0 saturated carbocycles. The van der Waals surface area contributed by atoms with Crippen molar-refractivity contribution in [2.45, 2.75) is 11.3 Å². The summed E-state index contributed by atoms with van der Waals surface area (Å²) in [6, 6.07) is 11.1.